The Kier molecular flexibility index (Phi) is 10.3. The van der Waals surface area contributed by atoms with E-state index in [2.05, 4.69) is 16.0 Å². The van der Waals surface area contributed by atoms with Gasteiger partial charge in [-0.25, -0.2) is 0 Å². The topological polar surface area (TPSA) is 150 Å². The summed E-state index contributed by atoms with van der Waals surface area (Å²) in [5, 5.41) is 25.1. The van der Waals surface area contributed by atoms with E-state index in [1.165, 1.54) is 0 Å². The van der Waals surface area contributed by atoms with Crippen LogP contribution in [0.3, 0.4) is 0 Å². The van der Waals surface area contributed by atoms with Crippen molar-refractivity contribution in [1.82, 2.24) is 16.0 Å². The maximum absolute atomic E-state index is 13.5. The second kappa shape index (κ2) is 13.7. The number of guanidine groups is 1. The summed E-state index contributed by atoms with van der Waals surface area (Å²) in [6.07, 6.45) is 2.70. The Morgan fingerprint density at radius 1 is 1.00 bits per heavy atom. The van der Waals surface area contributed by atoms with Crippen LogP contribution in [0, 0.1) is 10.8 Å². The van der Waals surface area contributed by atoms with Crippen LogP contribution in [0.25, 0.3) is 0 Å². The largest absolute Gasteiger partial charge is 0.436 e. The number of nitrogens with one attached hydrogen (secondary N) is 4. The van der Waals surface area contributed by atoms with Gasteiger partial charge in [0, 0.05) is 19.0 Å². The Hall–Kier alpha value is -3.37. The van der Waals surface area contributed by atoms with Crippen LogP contribution in [0.15, 0.2) is 60.7 Å². The quantitative estimate of drug-likeness (QED) is 0.0622. The van der Waals surface area contributed by atoms with E-state index in [1.54, 1.807) is 0 Å². The minimum absolute atomic E-state index is 0.0443. The van der Waals surface area contributed by atoms with E-state index in [1.807, 2.05) is 60.7 Å². The van der Waals surface area contributed by atoms with Crippen molar-refractivity contribution in [2.24, 2.45) is 11.1 Å². The maximum Gasteiger partial charge on any atom is 0.436 e. The molecular weight excluding hydrogens is 457 g/mol. The van der Waals surface area contributed by atoms with Gasteiger partial charge in [-0.3, -0.25) is 15.0 Å². The molecule has 1 aliphatic rings. The molecule has 2 amide bonds. The zero-order valence-electron chi connectivity index (χ0n) is 20.5. The van der Waals surface area contributed by atoms with Crippen molar-refractivity contribution in [3.8, 4) is 0 Å². The number of benzene rings is 2. The maximum atomic E-state index is 13.5. The minimum Gasteiger partial charge on any atom is -0.430 e. The Balaban J connectivity index is 1.69. The smallest absolute Gasteiger partial charge is 0.430 e. The molecule has 0 radical (unpaired) electrons. The summed E-state index contributed by atoms with van der Waals surface area (Å²) in [4.78, 5) is 27.0. The first kappa shape index (κ1) is 27.2. The van der Waals surface area contributed by atoms with E-state index < -0.39 is 19.3 Å². The summed E-state index contributed by atoms with van der Waals surface area (Å²) < 4.78 is 5.30. The third kappa shape index (κ3) is 7.32. The highest BCUT2D eigenvalue weighted by Crippen LogP contribution is 2.39. The molecule has 1 atom stereocenters. The average Bonchev–Trinajstić information content (AvgIpc) is 3.39. The first-order chi connectivity index (χ1) is 17.5. The van der Waals surface area contributed by atoms with Crippen LogP contribution in [0.5, 0.6) is 0 Å². The van der Waals surface area contributed by atoms with Gasteiger partial charge in [-0.2, -0.15) is 0 Å². The molecule has 9 nitrogen and oxygen atoms in total. The number of rotatable bonds is 13. The molecule has 2 aromatic rings. The van der Waals surface area contributed by atoms with Crippen molar-refractivity contribution in [1.29, 1.82) is 5.41 Å². The van der Waals surface area contributed by atoms with Gasteiger partial charge in [0.05, 0.1) is 0 Å². The second-order valence-electron chi connectivity index (χ2n) is 9.11. The van der Waals surface area contributed by atoms with E-state index in [0.717, 1.165) is 24.0 Å². The van der Waals surface area contributed by atoms with Gasteiger partial charge >= 0.3 is 7.69 Å². The van der Waals surface area contributed by atoms with Crippen LogP contribution in [-0.4, -0.2) is 49.8 Å². The fourth-order valence-electron chi connectivity index (χ4n) is 4.78. The Bertz CT molecular complexity index is 947. The predicted octanol–water partition coefficient (Wildman–Crippen LogP) is 1.48. The van der Waals surface area contributed by atoms with Gasteiger partial charge in [-0.1, -0.05) is 73.5 Å². The number of nitrogens with two attached hydrogens (primary N) is 1. The van der Waals surface area contributed by atoms with E-state index in [9.17, 15) is 14.6 Å². The second-order valence-corrected chi connectivity index (χ2v) is 9.11. The van der Waals surface area contributed by atoms with Crippen molar-refractivity contribution in [2.75, 3.05) is 13.1 Å². The molecule has 192 valence electrons. The molecule has 36 heavy (non-hydrogen) atoms. The number of hydrogen-bond acceptors (Lipinski definition) is 5. The zero-order valence-corrected chi connectivity index (χ0v) is 20.5. The summed E-state index contributed by atoms with van der Waals surface area (Å²) >= 11 is 0. The van der Waals surface area contributed by atoms with Crippen LogP contribution in [0.2, 0.25) is 0 Å². The third-order valence-electron chi connectivity index (χ3n) is 6.72. The van der Waals surface area contributed by atoms with Gasteiger partial charge in [-0.05, 0) is 36.8 Å². The molecule has 7 N–H and O–H groups in total. The van der Waals surface area contributed by atoms with Gasteiger partial charge in [-0.15, -0.1) is 0 Å². The molecule has 0 unspecified atom stereocenters. The van der Waals surface area contributed by atoms with Crippen molar-refractivity contribution >= 4 is 25.5 Å². The molecule has 0 heterocycles. The van der Waals surface area contributed by atoms with Crippen molar-refractivity contribution in [2.45, 2.75) is 50.7 Å². The van der Waals surface area contributed by atoms with Crippen LogP contribution in [-0.2, 0) is 14.2 Å². The summed E-state index contributed by atoms with van der Waals surface area (Å²) in [7, 11) is -0.555. The van der Waals surface area contributed by atoms with E-state index in [4.69, 9.17) is 15.8 Å². The van der Waals surface area contributed by atoms with E-state index in [0.29, 0.717) is 38.8 Å². The van der Waals surface area contributed by atoms with Crippen molar-refractivity contribution in [3.05, 3.63) is 71.8 Å². The van der Waals surface area contributed by atoms with Gasteiger partial charge in [0.1, 0.15) is 11.6 Å². The molecule has 1 saturated carbocycles. The molecule has 0 bridgehead atoms. The molecule has 1 fully saturated rings. The highest BCUT2D eigenvalue weighted by atomic mass is 16.5. The average molecular weight is 493 g/mol. The SMILES string of the molecule is N=C(N)NCCC[C@H](NC(=O)C1(C(=O)NCC(c2ccccc2)c2ccccc2)CCCC1)OBO. The summed E-state index contributed by atoms with van der Waals surface area (Å²) in [5.41, 5.74) is 6.29. The van der Waals surface area contributed by atoms with Crippen LogP contribution < -0.4 is 21.7 Å². The fourth-order valence-corrected chi connectivity index (χ4v) is 4.78. The lowest BCUT2D eigenvalue weighted by Gasteiger charge is -2.30. The van der Waals surface area contributed by atoms with Gasteiger partial charge < -0.3 is 31.4 Å². The molecule has 0 aliphatic heterocycles. The molecule has 10 heteroatoms. The van der Waals surface area contributed by atoms with Crippen LogP contribution in [0.1, 0.15) is 55.6 Å². The van der Waals surface area contributed by atoms with E-state index in [-0.39, 0.29) is 23.7 Å². The number of carbonyl (C=O) groups excluding carboxylic acids is 2. The number of carbonyl (C=O) groups is 2. The van der Waals surface area contributed by atoms with Gasteiger partial charge in [0.2, 0.25) is 11.8 Å². The Morgan fingerprint density at radius 2 is 1.58 bits per heavy atom. The Morgan fingerprint density at radius 3 is 2.11 bits per heavy atom. The lowest BCUT2D eigenvalue weighted by Crippen LogP contribution is -2.53. The molecule has 2 aromatic carbocycles. The van der Waals surface area contributed by atoms with Crippen LogP contribution in [0.4, 0.5) is 0 Å². The lowest BCUT2D eigenvalue weighted by molar-refractivity contribution is -0.145. The third-order valence-corrected chi connectivity index (χ3v) is 6.72. The van der Waals surface area contributed by atoms with Crippen LogP contribution >= 0.6 is 0 Å². The molecule has 3 rings (SSSR count). The monoisotopic (exact) mass is 493 g/mol. The zero-order chi connectivity index (χ0) is 25.8. The molecule has 0 saturated heterocycles. The highest BCUT2D eigenvalue weighted by Gasteiger charge is 2.48. The molecular formula is C26H36BN5O4. The first-order valence-electron chi connectivity index (χ1n) is 12.5. The van der Waals surface area contributed by atoms with Crippen molar-refractivity contribution < 1.29 is 19.3 Å². The van der Waals surface area contributed by atoms with E-state index >= 15 is 0 Å². The molecule has 0 aromatic heterocycles. The van der Waals surface area contributed by atoms with Crippen molar-refractivity contribution in [3.63, 3.8) is 0 Å². The summed E-state index contributed by atoms with van der Waals surface area (Å²) in [5.74, 6) is -0.844. The summed E-state index contributed by atoms with van der Waals surface area (Å²) in [6.45, 7) is 0.803. The normalized spacial score (nSPS) is 15.2. The fraction of sp³-hybridized carbons (Fsp3) is 0.423. The molecule has 0 spiro atoms. The first-order valence-corrected chi connectivity index (χ1v) is 12.5. The number of amides is 2. The summed E-state index contributed by atoms with van der Waals surface area (Å²) in [6, 6.07) is 20.0. The van der Waals surface area contributed by atoms with Gasteiger partial charge in [0.15, 0.2) is 5.96 Å². The lowest BCUT2D eigenvalue weighted by atomic mass is 9.83. The minimum atomic E-state index is -1.17. The van der Waals surface area contributed by atoms with Gasteiger partial charge in [0.25, 0.3) is 0 Å². The molecule has 1 aliphatic carbocycles. The highest BCUT2D eigenvalue weighted by molar-refractivity contribution is 6.16. The Labute approximate surface area is 213 Å². The standard InChI is InChI=1S/C26H36BN5O4/c28-25(29)30-17-9-14-22(36-27-35)32-24(34)26(15-7-8-16-26)23(33)31-18-21(19-10-3-1-4-11-19)20-12-5-2-6-13-20/h1-6,10-13,21-22,27,35H,7-9,14-18H2,(H,31,33)(H,32,34)(H4,28,29,30)/t22-/m1/s1. The predicted molar refractivity (Wildman–Crippen MR) is 140 cm³/mol. The number of hydrogen-bond donors (Lipinski definition) is 6.